The number of rotatable bonds is 4. The summed E-state index contributed by atoms with van der Waals surface area (Å²) in [5.41, 5.74) is 3.19. The number of hydrogen-bond donors (Lipinski definition) is 1. The van der Waals surface area contributed by atoms with Gasteiger partial charge in [0.2, 0.25) is 0 Å². The molecule has 0 aromatic heterocycles. The zero-order valence-electron chi connectivity index (χ0n) is 14.3. The number of nitriles is 1. The lowest BCUT2D eigenvalue weighted by Crippen LogP contribution is -2.29. The number of nitrogens with zero attached hydrogens (tertiary/aromatic N) is 4. The Morgan fingerprint density at radius 1 is 1.33 bits per heavy atom. The third-order valence-electron chi connectivity index (χ3n) is 3.92. The Labute approximate surface area is 154 Å². The first kappa shape index (κ1) is 17.9. The Morgan fingerprint density at radius 3 is 2.74 bits per heavy atom. The molecule has 0 fully saturated rings. The molecule has 8 heteroatoms. The van der Waals surface area contributed by atoms with Crippen molar-refractivity contribution < 1.29 is 14.0 Å². The molecule has 1 heterocycles. The van der Waals surface area contributed by atoms with E-state index in [1.807, 2.05) is 6.07 Å². The summed E-state index contributed by atoms with van der Waals surface area (Å²) in [6, 6.07) is 14.2. The maximum Gasteiger partial charge on any atom is 0.274 e. The van der Waals surface area contributed by atoms with Gasteiger partial charge in [0.25, 0.3) is 11.8 Å². The second kappa shape index (κ2) is 7.58. The number of carbonyl (C=O) groups is 2. The van der Waals surface area contributed by atoms with Gasteiger partial charge >= 0.3 is 0 Å². The largest absolute Gasteiger partial charge is 0.274 e. The normalized spacial score (nSPS) is 16.3. The van der Waals surface area contributed by atoms with Crippen molar-refractivity contribution in [2.75, 3.05) is 5.01 Å². The summed E-state index contributed by atoms with van der Waals surface area (Å²) in [6.07, 6.45) is 1.25. The minimum atomic E-state index is -0.827. The van der Waals surface area contributed by atoms with Gasteiger partial charge in [-0.05, 0) is 37.3 Å². The van der Waals surface area contributed by atoms with E-state index in [-0.39, 0.29) is 17.0 Å². The van der Waals surface area contributed by atoms with E-state index in [0.717, 1.165) is 6.07 Å². The third kappa shape index (κ3) is 3.72. The summed E-state index contributed by atoms with van der Waals surface area (Å²) < 4.78 is 13.8. The van der Waals surface area contributed by atoms with Gasteiger partial charge < -0.3 is 0 Å². The number of nitrogens with one attached hydrogen (secondary N) is 1. The molecule has 3 rings (SSSR count). The molecule has 0 bridgehead atoms. The summed E-state index contributed by atoms with van der Waals surface area (Å²) in [6.45, 7) is 1.68. The molecule has 0 spiro atoms. The zero-order chi connectivity index (χ0) is 19.4. The molecule has 1 N–H and O–H groups in total. The van der Waals surface area contributed by atoms with E-state index >= 15 is 0 Å². The molecule has 1 aliphatic heterocycles. The van der Waals surface area contributed by atoms with Crippen molar-refractivity contribution in [1.82, 2.24) is 5.43 Å². The van der Waals surface area contributed by atoms with Gasteiger partial charge in [-0.3, -0.25) is 9.59 Å². The van der Waals surface area contributed by atoms with Crippen molar-refractivity contribution in [1.29, 1.82) is 5.26 Å². The highest BCUT2D eigenvalue weighted by Crippen LogP contribution is 2.22. The highest BCUT2D eigenvalue weighted by molar-refractivity contribution is 6.23. The second-order valence-corrected chi connectivity index (χ2v) is 5.73. The van der Waals surface area contributed by atoms with Crippen LogP contribution in [0.2, 0.25) is 0 Å². The van der Waals surface area contributed by atoms with Gasteiger partial charge in [-0.25, -0.2) is 9.82 Å². The monoisotopic (exact) mass is 363 g/mol. The molecule has 1 atom stereocenters. The molecule has 27 heavy (non-hydrogen) atoms. The maximum atomic E-state index is 13.8. The topological polar surface area (TPSA) is 97.9 Å². The summed E-state index contributed by atoms with van der Waals surface area (Å²) in [4.78, 5) is 24.5. The van der Waals surface area contributed by atoms with Crippen molar-refractivity contribution >= 4 is 29.4 Å². The molecule has 2 aromatic rings. The van der Waals surface area contributed by atoms with Crippen molar-refractivity contribution in [2.45, 2.75) is 6.92 Å². The van der Waals surface area contributed by atoms with Crippen LogP contribution in [0.15, 0.2) is 58.7 Å². The number of halogens is 1. The molecular formula is C19H14FN5O2. The molecule has 1 aliphatic rings. The van der Waals surface area contributed by atoms with Gasteiger partial charge in [-0.1, -0.05) is 18.2 Å². The lowest BCUT2D eigenvalue weighted by Gasteiger charge is -2.12. The van der Waals surface area contributed by atoms with E-state index in [9.17, 15) is 14.0 Å². The first-order chi connectivity index (χ1) is 13.0. The van der Waals surface area contributed by atoms with Crippen LogP contribution in [0.5, 0.6) is 0 Å². The third-order valence-corrected chi connectivity index (χ3v) is 3.92. The van der Waals surface area contributed by atoms with Gasteiger partial charge in [0.1, 0.15) is 11.7 Å². The molecule has 134 valence electrons. The molecule has 2 aromatic carbocycles. The van der Waals surface area contributed by atoms with Crippen LogP contribution in [0.4, 0.5) is 10.1 Å². The number of carbonyl (C=O) groups excluding carboxylic acids is 2. The van der Waals surface area contributed by atoms with Gasteiger partial charge in [0.15, 0.2) is 0 Å². The van der Waals surface area contributed by atoms with E-state index in [0.29, 0.717) is 11.4 Å². The Balaban J connectivity index is 1.68. The lowest BCUT2D eigenvalue weighted by molar-refractivity contribution is -0.118. The Kier molecular flexibility index (Phi) is 5.04. The van der Waals surface area contributed by atoms with Gasteiger partial charge in [0, 0.05) is 6.21 Å². The van der Waals surface area contributed by atoms with Crippen LogP contribution in [0.3, 0.4) is 0 Å². The quantitative estimate of drug-likeness (QED) is 0.667. The number of para-hydroxylation sites is 1. The minimum Gasteiger partial charge on any atom is -0.271 e. The van der Waals surface area contributed by atoms with Gasteiger partial charge in [-0.2, -0.15) is 20.5 Å². The Hall–Kier alpha value is -3.86. The van der Waals surface area contributed by atoms with Crippen LogP contribution >= 0.6 is 0 Å². The molecule has 1 unspecified atom stereocenters. The fourth-order valence-electron chi connectivity index (χ4n) is 2.50. The van der Waals surface area contributed by atoms with Crippen molar-refractivity contribution in [3.8, 4) is 6.07 Å². The van der Waals surface area contributed by atoms with Crippen molar-refractivity contribution in [3.63, 3.8) is 0 Å². The Morgan fingerprint density at radius 2 is 2.07 bits per heavy atom. The van der Waals surface area contributed by atoms with E-state index in [4.69, 9.17) is 5.26 Å². The maximum absolute atomic E-state index is 13.8. The molecule has 0 saturated heterocycles. The molecule has 0 saturated carbocycles. The Bertz CT molecular complexity index is 995. The van der Waals surface area contributed by atoms with Crippen LogP contribution in [-0.2, 0) is 4.79 Å². The summed E-state index contributed by atoms with van der Waals surface area (Å²) >= 11 is 0. The first-order valence-electron chi connectivity index (χ1n) is 7.98. The van der Waals surface area contributed by atoms with E-state index in [2.05, 4.69) is 15.6 Å². The number of amides is 2. The molecule has 0 aliphatic carbocycles. The van der Waals surface area contributed by atoms with Crippen LogP contribution in [0.25, 0.3) is 0 Å². The minimum absolute atomic E-state index is 0.108. The zero-order valence-corrected chi connectivity index (χ0v) is 14.3. The fraction of sp³-hybridized carbons (Fsp3) is 0.105. The predicted octanol–water partition coefficient (Wildman–Crippen LogP) is 2.45. The van der Waals surface area contributed by atoms with E-state index < -0.39 is 17.6 Å². The van der Waals surface area contributed by atoms with E-state index in [1.54, 1.807) is 37.3 Å². The van der Waals surface area contributed by atoms with Crippen LogP contribution in [0, 0.1) is 23.1 Å². The smallest absolute Gasteiger partial charge is 0.271 e. The highest BCUT2D eigenvalue weighted by Gasteiger charge is 2.33. The van der Waals surface area contributed by atoms with Crippen LogP contribution in [0.1, 0.15) is 22.8 Å². The van der Waals surface area contributed by atoms with Gasteiger partial charge in [-0.15, -0.1) is 0 Å². The molecule has 0 radical (unpaired) electrons. The number of benzene rings is 2. The van der Waals surface area contributed by atoms with Gasteiger partial charge in [0.05, 0.1) is 28.6 Å². The van der Waals surface area contributed by atoms with Crippen LogP contribution in [-0.4, -0.2) is 23.7 Å². The average molecular weight is 363 g/mol. The standard InChI is InChI=1S/C19H14FN5O2/c1-12-16(19(27)25(24-12)14-5-3-2-4-6-14)11-22-23-18(26)15-8-7-13(10-21)9-17(15)20/h2-9,11,16H,1H3,(H,23,26). The molecule has 7 nitrogen and oxygen atoms in total. The summed E-state index contributed by atoms with van der Waals surface area (Å²) in [7, 11) is 0. The van der Waals surface area contributed by atoms with Crippen molar-refractivity contribution in [2.24, 2.45) is 16.1 Å². The van der Waals surface area contributed by atoms with E-state index in [1.165, 1.54) is 23.4 Å². The fourth-order valence-corrected chi connectivity index (χ4v) is 2.50. The van der Waals surface area contributed by atoms with Crippen molar-refractivity contribution in [3.05, 3.63) is 65.5 Å². The number of hydrogen-bond acceptors (Lipinski definition) is 5. The average Bonchev–Trinajstić information content (AvgIpc) is 2.96. The highest BCUT2D eigenvalue weighted by atomic mass is 19.1. The van der Waals surface area contributed by atoms with Crippen LogP contribution < -0.4 is 10.4 Å². The second-order valence-electron chi connectivity index (χ2n) is 5.73. The predicted molar refractivity (Wildman–Crippen MR) is 97.6 cm³/mol. The summed E-state index contributed by atoms with van der Waals surface area (Å²) in [5.74, 6) is -2.64. The lowest BCUT2D eigenvalue weighted by atomic mass is 10.1. The number of anilines is 1. The number of hydrazone groups is 2. The summed E-state index contributed by atoms with van der Waals surface area (Å²) in [5, 5.41) is 18.0. The molecular weight excluding hydrogens is 349 g/mol. The first-order valence-corrected chi connectivity index (χ1v) is 7.98. The molecule has 2 amide bonds. The SMILES string of the molecule is CC1=NN(c2ccccc2)C(=O)C1C=NNC(=O)c1ccc(C#N)cc1F.